The van der Waals surface area contributed by atoms with E-state index < -0.39 is 40.9 Å². The van der Waals surface area contributed by atoms with Gasteiger partial charge in [-0.1, -0.05) is 30.3 Å². The van der Waals surface area contributed by atoms with Crippen LogP contribution in [-0.4, -0.2) is 51.0 Å². The third-order valence-corrected chi connectivity index (χ3v) is 6.26. The van der Waals surface area contributed by atoms with Gasteiger partial charge in [-0.3, -0.25) is 29.3 Å². The summed E-state index contributed by atoms with van der Waals surface area (Å²) < 4.78 is 5.32. The second-order valence-corrected chi connectivity index (χ2v) is 8.84. The molecule has 4 aromatic rings. The van der Waals surface area contributed by atoms with E-state index in [0.29, 0.717) is 10.6 Å². The van der Waals surface area contributed by atoms with Crippen molar-refractivity contribution in [3.63, 3.8) is 0 Å². The molecule has 0 N–H and O–H groups in total. The van der Waals surface area contributed by atoms with Gasteiger partial charge < -0.3 is 4.74 Å². The van der Waals surface area contributed by atoms with Crippen molar-refractivity contribution in [2.45, 2.75) is 0 Å². The van der Waals surface area contributed by atoms with Crippen molar-refractivity contribution in [1.82, 2.24) is 10.0 Å². The van der Waals surface area contributed by atoms with Crippen molar-refractivity contribution in [3.8, 4) is 5.75 Å². The van der Waals surface area contributed by atoms with Crippen LogP contribution in [0, 0.1) is 10.1 Å². The predicted octanol–water partition coefficient (Wildman–Crippen LogP) is 4.35. The van der Waals surface area contributed by atoms with Crippen molar-refractivity contribution in [3.05, 3.63) is 141 Å². The van der Waals surface area contributed by atoms with E-state index in [4.69, 9.17) is 4.74 Å². The first-order chi connectivity index (χ1) is 19.7. The third-order valence-electron chi connectivity index (χ3n) is 6.26. The number of imide groups is 1. The standard InChI is InChI=1S/C30H19N3O8/c34-26(19-12-16-23(17-13-19)41-30(38)21-6-2-1-3-7-21)18-31(27(35)20-10-14-22(15-11-20)33(39)40)32-28(36)24-8-4-5-9-25(24)29(32)37/h1-17H,18H2. The molecule has 202 valence electrons. The first-order valence-electron chi connectivity index (χ1n) is 12.2. The van der Waals surface area contributed by atoms with E-state index in [1.54, 1.807) is 42.5 Å². The zero-order chi connectivity index (χ0) is 29.1. The lowest BCUT2D eigenvalue weighted by atomic mass is 10.1. The number of amides is 3. The minimum atomic E-state index is -0.892. The van der Waals surface area contributed by atoms with Crippen LogP contribution in [0.2, 0.25) is 0 Å². The molecular formula is C30H19N3O8. The first kappa shape index (κ1) is 26.6. The van der Waals surface area contributed by atoms with Crippen LogP contribution in [0.25, 0.3) is 0 Å². The van der Waals surface area contributed by atoms with Crippen molar-refractivity contribution in [2.75, 3.05) is 6.54 Å². The number of ketones is 1. The number of nitrogens with zero attached hydrogens (tertiary/aromatic N) is 3. The van der Waals surface area contributed by atoms with Crippen LogP contribution >= 0.6 is 0 Å². The van der Waals surface area contributed by atoms with Gasteiger partial charge >= 0.3 is 5.97 Å². The lowest BCUT2D eigenvalue weighted by Gasteiger charge is -2.29. The number of esters is 1. The molecule has 0 radical (unpaired) electrons. The molecule has 0 aromatic heterocycles. The summed E-state index contributed by atoms with van der Waals surface area (Å²) in [5, 5.41) is 12.4. The van der Waals surface area contributed by atoms with Gasteiger partial charge in [0.1, 0.15) is 12.3 Å². The number of nitro groups is 1. The Morgan fingerprint density at radius 2 is 1.24 bits per heavy atom. The monoisotopic (exact) mass is 549 g/mol. The second kappa shape index (κ2) is 11.0. The van der Waals surface area contributed by atoms with Gasteiger partial charge in [-0.25, -0.2) is 9.80 Å². The Kier molecular flexibility index (Phi) is 7.16. The molecule has 0 bridgehead atoms. The highest BCUT2D eigenvalue weighted by Crippen LogP contribution is 2.26. The highest BCUT2D eigenvalue weighted by atomic mass is 16.6. The molecular weight excluding hydrogens is 530 g/mol. The molecule has 1 heterocycles. The van der Waals surface area contributed by atoms with E-state index in [0.717, 1.165) is 17.1 Å². The quantitative estimate of drug-likeness (QED) is 0.0788. The number of hydrogen-bond donors (Lipinski definition) is 0. The largest absolute Gasteiger partial charge is 0.423 e. The van der Waals surface area contributed by atoms with Gasteiger partial charge in [0.05, 0.1) is 21.6 Å². The zero-order valence-electron chi connectivity index (χ0n) is 21.1. The van der Waals surface area contributed by atoms with Crippen LogP contribution in [0.4, 0.5) is 5.69 Å². The maximum Gasteiger partial charge on any atom is 0.343 e. The fourth-order valence-electron chi connectivity index (χ4n) is 4.18. The Balaban J connectivity index is 1.40. The van der Waals surface area contributed by atoms with Crippen LogP contribution in [0.15, 0.2) is 103 Å². The molecule has 0 aliphatic carbocycles. The van der Waals surface area contributed by atoms with Crippen LogP contribution in [0.5, 0.6) is 5.75 Å². The number of carbonyl (C=O) groups is 5. The average molecular weight is 549 g/mol. The number of ether oxygens (including phenoxy) is 1. The predicted molar refractivity (Wildman–Crippen MR) is 143 cm³/mol. The lowest BCUT2D eigenvalue weighted by Crippen LogP contribution is -2.51. The number of carbonyl (C=O) groups excluding carboxylic acids is 5. The molecule has 11 nitrogen and oxygen atoms in total. The van der Waals surface area contributed by atoms with E-state index in [9.17, 15) is 34.1 Å². The third kappa shape index (κ3) is 5.32. The van der Waals surface area contributed by atoms with Crippen molar-refractivity contribution in [1.29, 1.82) is 0 Å². The molecule has 0 saturated heterocycles. The molecule has 5 rings (SSSR count). The highest BCUT2D eigenvalue weighted by molar-refractivity contribution is 6.22. The normalized spacial score (nSPS) is 12.0. The fourth-order valence-corrected chi connectivity index (χ4v) is 4.18. The van der Waals surface area contributed by atoms with Crippen molar-refractivity contribution in [2.24, 2.45) is 0 Å². The Morgan fingerprint density at radius 1 is 0.707 bits per heavy atom. The van der Waals surface area contributed by atoms with Crippen LogP contribution in [-0.2, 0) is 0 Å². The first-order valence-corrected chi connectivity index (χ1v) is 12.2. The van der Waals surface area contributed by atoms with Crippen molar-refractivity contribution >= 4 is 35.2 Å². The van der Waals surface area contributed by atoms with Gasteiger partial charge in [-0.05, 0) is 60.7 Å². The van der Waals surface area contributed by atoms with Gasteiger partial charge in [0.2, 0.25) is 0 Å². The second-order valence-electron chi connectivity index (χ2n) is 8.84. The number of hydrogen-bond acceptors (Lipinski definition) is 8. The Hall–Kier alpha value is -5.97. The number of non-ortho nitro benzene ring substituents is 1. The van der Waals surface area contributed by atoms with Gasteiger partial charge in [-0.15, -0.1) is 0 Å². The average Bonchev–Trinajstić information content (AvgIpc) is 3.25. The highest BCUT2D eigenvalue weighted by Gasteiger charge is 2.42. The molecule has 4 aromatic carbocycles. The summed E-state index contributed by atoms with van der Waals surface area (Å²) in [6.07, 6.45) is 0. The zero-order valence-corrected chi connectivity index (χ0v) is 21.1. The van der Waals surface area contributed by atoms with E-state index in [1.807, 2.05) is 0 Å². The molecule has 3 amide bonds. The topological polar surface area (TPSA) is 144 Å². The van der Waals surface area contributed by atoms with Crippen LogP contribution in [0.3, 0.4) is 0 Å². The summed E-state index contributed by atoms with van der Waals surface area (Å²) in [5.74, 6) is -3.52. The molecule has 11 heteroatoms. The number of benzene rings is 4. The summed E-state index contributed by atoms with van der Waals surface area (Å²) >= 11 is 0. The van der Waals surface area contributed by atoms with Crippen LogP contribution in [0.1, 0.15) is 51.8 Å². The molecule has 41 heavy (non-hydrogen) atoms. The minimum Gasteiger partial charge on any atom is -0.423 e. The number of hydrazine groups is 1. The van der Waals surface area contributed by atoms with Gasteiger partial charge in [0, 0.05) is 23.3 Å². The lowest BCUT2D eigenvalue weighted by molar-refractivity contribution is -0.384. The Morgan fingerprint density at radius 3 is 1.80 bits per heavy atom. The van der Waals surface area contributed by atoms with E-state index >= 15 is 0 Å². The summed E-state index contributed by atoms with van der Waals surface area (Å²) in [5.41, 5.74) is 0.241. The molecule has 0 atom stereocenters. The van der Waals surface area contributed by atoms with Gasteiger partial charge in [0.25, 0.3) is 23.4 Å². The number of rotatable bonds is 8. The minimum absolute atomic E-state index is 0.0658. The van der Waals surface area contributed by atoms with E-state index in [2.05, 4.69) is 0 Å². The van der Waals surface area contributed by atoms with Gasteiger partial charge in [0.15, 0.2) is 5.78 Å². The smallest absolute Gasteiger partial charge is 0.343 e. The maximum absolute atomic E-state index is 13.5. The summed E-state index contributed by atoms with van der Waals surface area (Å²) in [4.78, 5) is 75.9. The SMILES string of the molecule is O=C(CN(C(=O)c1ccc([N+](=O)[O-])cc1)N1C(=O)c2ccccc2C1=O)c1ccc(OC(=O)c2ccccc2)cc1. The molecule has 0 saturated carbocycles. The van der Waals surface area contributed by atoms with Gasteiger partial charge in [-0.2, -0.15) is 5.01 Å². The molecule has 0 fully saturated rings. The number of fused-ring (bicyclic) bond motifs is 1. The molecule has 0 unspecified atom stereocenters. The summed E-state index contributed by atoms with van der Waals surface area (Å²) in [7, 11) is 0. The molecule has 1 aliphatic heterocycles. The molecule has 1 aliphatic rings. The van der Waals surface area contributed by atoms with Crippen molar-refractivity contribution < 1.29 is 33.6 Å². The van der Waals surface area contributed by atoms with E-state index in [1.165, 1.54) is 48.5 Å². The van der Waals surface area contributed by atoms with Crippen LogP contribution < -0.4 is 4.74 Å². The number of Topliss-reactive ketones (excluding diaryl/α,β-unsaturated/α-hetero) is 1. The summed E-state index contributed by atoms with van der Waals surface area (Å²) in [6.45, 7) is -0.704. The van der Waals surface area contributed by atoms with E-state index in [-0.39, 0.29) is 33.7 Å². The molecule has 0 spiro atoms. The fraction of sp³-hybridized carbons (Fsp3) is 0.0333. The Labute approximate surface area is 232 Å². The Bertz CT molecular complexity index is 1670. The maximum atomic E-state index is 13.5. The summed E-state index contributed by atoms with van der Waals surface area (Å²) in [6, 6.07) is 24.4. The number of nitro benzene ring substituents is 1.